The molecule has 1 fully saturated rings. The average molecular weight is 349 g/mol. The number of alkyl halides is 1. The van der Waals surface area contributed by atoms with Gasteiger partial charge in [-0.05, 0) is 24.6 Å². The summed E-state index contributed by atoms with van der Waals surface area (Å²) in [6.07, 6.45) is -0.383. The van der Waals surface area contributed by atoms with Gasteiger partial charge in [-0.3, -0.25) is 4.79 Å². The fraction of sp³-hybridized carbons (Fsp3) is 0.529. The topological polar surface area (TPSA) is 80.2 Å². The van der Waals surface area contributed by atoms with Crippen LogP contribution in [0.25, 0.3) is 11.0 Å². The summed E-state index contributed by atoms with van der Waals surface area (Å²) < 4.78 is 20.1. The van der Waals surface area contributed by atoms with E-state index in [-0.39, 0.29) is 11.9 Å². The molecular formula is C17H24FN5O2. The van der Waals surface area contributed by atoms with Gasteiger partial charge in [-0.1, -0.05) is 0 Å². The summed E-state index contributed by atoms with van der Waals surface area (Å²) in [7, 11) is 3.57. The van der Waals surface area contributed by atoms with E-state index in [4.69, 9.17) is 4.74 Å². The second kappa shape index (κ2) is 7.79. The van der Waals surface area contributed by atoms with Gasteiger partial charge in [-0.2, -0.15) is 0 Å². The molecule has 136 valence electrons. The monoisotopic (exact) mass is 349 g/mol. The molecule has 1 aliphatic rings. The van der Waals surface area contributed by atoms with E-state index in [0.29, 0.717) is 38.2 Å². The molecule has 3 rings (SSSR count). The first kappa shape index (κ1) is 17.6. The van der Waals surface area contributed by atoms with Gasteiger partial charge in [-0.25, -0.2) is 9.37 Å². The van der Waals surface area contributed by atoms with Crippen LogP contribution in [0.4, 0.5) is 10.3 Å². The van der Waals surface area contributed by atoms with Gasteiger partial charge in [-0.15, -0.1) is 0 Å². The highest BCUT2D eigenvalue weighted by Crippen LogP contribution is 2.19. The van der Waals surface area contributed by atoms with Crippen LogP contribution in [0.2, 0.25) is 0 Å². The molecule has 1 amide bonds. The van der Waals surface area contributed by atoms with Crippen LogP contribution >= 0.6 is 0 Å². The van der Waals surface area contributed by atoms with E-state index in [1.807, 2.05) is 17.7 Å². The summed E-state index contributed by atoms with van der Waals surface area (Å²) in [5.41, 5.74) is 2.23. The number of carbonyl (C=O) groups excluding carboxylic acids is 1. The number of methoxy groups -OCH3 is 1. The molecule has 0 unspecified atom stereocenters. The van der Waals surface area contributed by atoms with Gasteiger partial charge in [0.25, 0.3) is 5.91 Å². The van der Waals surface area contributed by atoms with Crippen LogP contribution in [0, 0.1) is 0 Å². The van der Waals surface area contributed by atoms with E-state index in [1.165, 1.54) is 0 Å². The molecule has 1 saturated heterocycles. The number of benzene rings is 1. The number of rotatable bonds is 7. The van der Waals surface area contributed by atoms with Crippen LogP contribution in [0.3, 0.4) is 0 Å². The van der Waals surface area contributed by atoms with Gasteiger partial charge >= 0.3 is 0 Å². The van der Waals surface area contributed by atoms with Gasteiger partial charge in [0.2, 0.25) is 5.95 Å². The lowest BCUT2D eigenvalue weighted by atomic mass is 10.1. The molecule has 3 N–H and O–H groups in total. The zero-order valence-corrected chi connectivity index (χ0v) is 14.5. The number of aromatic nitrogens is 2. The molecule has 2 heterocycles. The molecule has 0 aliphatic carbocycles. The number of halogens is 1. The summed E-state index contributed by atoms with van der Waals surface area (Å²) >= 11 is 0. The molecule has 2 atom stereocenters. The van der Waals surface area contributed by atoms with E-state index < -0.39 is 6.17 Å². The molecule has 0 spiro atoms. The van der Waals surface area contributed by atoms with Crippen molar-refractivity contribution in [1.29, 1.82) is 0 Å². The van der Waals surface area contributed by atoms with Crippen LogP contribution < -0.4 is 16.0 Å². The Morgan fingerprint density at radius 1 is 1.52 bits per heavy atom. The van der Waals surface area contributed by atoms with E-state index in [0.717, 1.165) is 17.0 Å². The van der Waals surface area contributed by atoms with Crippen LogP contribution in [0.1, 0.15) is 16.8 Å². The van der Waals surface area contributed by atoms with Gasteiger partial charge in [0.1, 0.15) is 6.17 Å². The van der Waals surface area contributed by atoms with Gasteiger partial charge < -0.3 is 25.3 Å². The lowest BCUT2D eigenvalue weighted by Gasteiger charge is -2.11. The number of hydrogen-bond donors (Lipinski definition) is 3. The molecule has 8 heteroatoms. The standard InChI is InChI=1S/C17H24FN5O2/c1-23-15-4-3-11(7-14(15)22-17(23)19-5-6-25-2)16(24)21-10-13-8-12(18)9-20-13/h3-4,7,12-13,20H,5-6,8-10H2,1-2H3,(H,19,22)(H,21,24)/t12-,13-/m0/s1. The first-order chi connectivity index (χ1) is 12.1. The number of ether oxygens (including phenoxy) is 1. The van der Waals surface area contributed by atoms with Crippen molar-refractivity contribution in [2.24, 2.45) is 7.05 Å². The van der Waals surface area contributed by atoms with Crippen molar-refractivity contribution in [2.45, 2.75) is 18.6 Å². The number of hydrogen-bond acceptors (Lipinski definition) is 5. The summed E-state index contributed by atoms with van der Waals surface area (Å²) in [4.78, 5) is 16.9. The summed E-state index contributed by atoms with van der Waals surface area (Å²) in [5, 5.41) is 9.11. The third-order valence-electron chi connectivity index (χ3n) is 4.41. The molecular weight excluding hydrogens is 325 g/mol. The minimum absolute atomic E-state index is 0.00545. The number of fused-ring (bicyclic) bond motifs is 1. The summed E-state index contributed by atoms with van der Waals surface area (Å²) in [6.45, 7) is 2.03. The SMILES string of the molecule is COCCNc1nc2cc(C(=O)NC[C@@H]3C[C@H](F)CN3)ccc2n1C. The second-order valence-electron chi connectivity index (χ2n) is 6.27. The van der Waals surface area contributed by atoms with Crippen molar-refractivity contribution >= 4 is 22.9 Å². The number of nitrogens with one attached hydrogen (secondary N) is 3. The Labute approximate surface area is 145 Å². The third-order valence-corrected chi connectivity index (χ3v) is 4.41. The van der Waals surface area contributed by atoms with E-state index in [2.05, 4.69) is 20.9 Å². The maximum Gasteiger partial charge on any atom is 0.251 e. The van der Waals surface area contributed by atoms with E-state index in [1.54, 1.807) is 19.2 Å². The minimum atomic E-state index is -0.823. The predicted molar refractivity (Wildman–Crippen MR) is 94.7 cm³/mol. The normalized spacial score (nSPS) is 20.1. The Kier molecular flexibility index (Phi) is 5.50. The molecule has 0 saturated carbocycles. The number of aryl methyl sites for hydroxylation is 1. The number of imidazole rings is 1. The smallest absolute Gasteiger partial charge is 0.251 e. The third kappa shape index (κ3) is 4.08. The zero-order chi connectivity index (χ0) is 17.8. The highest BCUT2D eigenvalue weighted by molar-refractivity contribution is 5.97. The predicted octanol–water partition coefficient (Wildman–Crippen LogP) is 1.06. The highest BCUT2D eigenvalue weighted by atomic mass is 19.1. The van der Waals surface area contributed by atoms with Crippen molar-refractivity contribution in [3.8, 4) is 0 Å². The lowest BCUT2D eigenvalue weighted by molar-refractivity contribution is 0.0950. The largest absolute Gasteiger partial charge is 0.383 e. The van der Waals surface area contributed by atoms with Crippen molar-refractivity contribution < 1.29 is 13.9 Å². The Morgan fingerprint density at radius 3 is 3.08 bits per heavy atom. The lowest BCUT2D eigenvalue weighted by Crippen LogP contribution is -2.37. The van der Waals surface area contributed by atoms with Crippen LogP contribution in [0.15, 0.2) is 18.2 Å². The Hall–Kier alpha value is -2.19. The Bertz CT molecular complexity index is 748. The van der Waals surface area contributed by atoms with Gasteiger partial charge in [0.05, 0.1) is 17.6 Å². The summed E-state index contributed by atoms with van der Waals surface area (Å²) in [5.74, 6) is 0.555. The van der Waals surface area contributed by atoms with Crippen LogP contribution in [0.5, 0.6) is 0 Å². The fourth-order valence-electron chi connectivity index (χ4n) is 3.01. The van der Waals surface area contributed by atoms with Gasteiger partial charge in [0, 0.05) is 45.4 Å². The highest BCUT2D eigenvalue weighted by Gasteiger charge is 2.23. The first-order valence-electron chi connectivity index (χ1n) is 8.43. The molecule has 0 radical (unpaired) electrons. The van der Waals surface area contributed by atoms with Crippen LogP contribution in [-0.4, -0.2) is 61.0 Å². The molecule has 2 aromatic rings. The molecule has 7 nitrogen and oxygen atoms in total. The second-order valence-corrected chi connectivity index (χ2v) is 6.27. The zero-order valence-electron chi connectivity index (χ0n) is 14.5. The van der Waals surface area contributed by atoms with Gasteiger partial charge in [0.15, 0.2) is 0 Å². The van der Waals surface area contributed by atoms with Crippen molar-refractivity contribution in [1.82, 2.24) is 20.2 Å². The first-order valence-corrected chi connectivity index (χ1v) is 8.43. The minimum Gasteiger partial charge on any atom is -0.383 e. The molecule has 1 aromatic carbocycles. The molecule has 1 aromatic heterocycles. The van der Waals surface area contributed by atoms with Crippen molar-refractivity contribution in [3.05, 3.63) is 23.8 Å². The number of carbonyl (C=O) groups is 1. The van der Waals surface area contributed by atoms with Crippen LogP contribution in [-0.2, 0) is 11.8 Å². The number of nitrogens with zero attached hydrogens (tertiary/aromatic N) is 2. The number of amides is 1. The Balaban J connectivity index is 1.66. The van der Waals surface area contributed by atoms with E-state index >= 15 is 0 Å². The maximum absolute atomic E-state index is 13.1. The fourth-order valence-corrected chi connectivity index (χ4v) is 3.01. The number of anilines is 1. The molecule has 25 heavy (non-hydrogen) atoms. The van der Waals surface area contributed by atoms with E-state index in [9.17, 15) is 9.18 Å². The molecule has 0 bridgehead atoms. The average Bonchev–Trinajstić information content (AvgIpc) is 3.16. The Morgan fingerprint density at radius 2 is 2.36 bits per heavy atom. The summed E-state index contributed by atoms with van der Waals surface area (Å²) in [6, 6.07) is 5.42. The van der Waals surface area contributed by atoms with Crippen molar-refractivity contribution in [3.63, 3.8) is 0 Å². The maximum atomic E-state index is 13.1. The molecule has 1 aliphatic heterocycles. The van der Waals surface area contributed by atoms with Crippen molar-refractivity contribution in [2.75, 3.05) is 38.7 Å². The quantitative estimate of drug-likeness (QED) is 0.652.